The maximum atomic E-state index is 13.5. The van der Waals surface area contributed by atoms with Crippen molar-refractivity contribution in [3.05, 3.63) is 102 Å². The number of carbonyl (C=O) groups is 3. The maximum Gasteiger partial charge on any atom is 0.325 e. The van der Waals surface area contributed by atoms with Gasteiger partial charge in [0.2, 0.25) is 5.91 Å². The van der Waals surface area contributed by atoms with E-state index in [1.54, 1.807) is 37.3 Å². The van der Waals surface area contributed by atoms with Crippen molar-refractivity contribution in [2.45, 2.75) is 25.6 Å². The third-order valence-electron chi connectivity index (χ3n) is 6.69. The van der Waals surface area contributed by atoms with Crippen molar-refractivity contribution in [2.75, 3.05) is 13.7 Å². The van der Waals surface area contributed by atoms with Crippen LogP contribution in [-0.4, -0.2) is 41.3 Å². The number of furan rings is 1. The molecule has 3 aromatic carbocycles. The third kappa shape index (κ3) is 4.78. The lowest BCUT2D eigenvalue weighted by Gasteiger charge is -2.25. The molecule has 0 bridgehead atoms. The second-order valence-corrected chi connectivity index (χ2v) is 9.19. The molecule has 0 spiro atoms. The van der Waals surface area contributed by atoms with E-state index < -0.39 is 17.5 Å². The van der Waals surface area contributed by atoms with Crippen LogP contribution in [0.3, 0.4) is 0 Å². The first-order valence-corrected chi connectivity index (χ1v) is 11.9. The van der Waals surface area contributed by atoms with Gasteiger partial charge in [-0.1, -0.05) is 48.5 Å². The van der Waals surface area contributed by atoms with E-state index >= 15 is 0 Å². The van der Waals surface area contributed by atoms with E-state index in [1.807, 2.05) is 66.7 Å². The van der Waals surface area contributed by atoms with E-state index in [-0.39, 0.29) is 19.0 Å². The molecular formula is C29H27N3O5. The minimum atomic E-state index is -1.29. The first-order chi connectivity index (χ1) is 17.9. The van der Waals surface area contributed by atoms with Crippen LogP contribution in [0.5, 0.6) is 5.75 Å². The summed E-state index contributed by atoms with van der Waals surface area (Å²) < 4.78 is 10.7. The molecule has 8 heteroatoms. The second kappa shape index (κ2) is 9.81. The molecule has 2 heterocycles. The molecular weight excluding hydrogens is 470 g/mol. The summed E-state index contributed by atoms with van der Waals surface area (Å²) in [4.78, 5) is 42.4. The van der Waals surface area contributed by atoms with Crippen molar-refractivity contribution in [3.8, 4) is 5.75 Å². The Morgan fingerprint density at radius 3 is 2.46 bits per heavy atom. The molecule has 0 saturated carbocycles. The van der Waals surface area contributed by atoms with Gasteiger partial charge in [0.05, 0.1) is 19.9 Å². The Balaban J connectivity index is 1.37. The summed E-state index contributed by atoms with van der Waals surface area (Å²) in [6.07, 6.45) is 1.54. The topological polar surface area (TPSA) is 92.1 Å². The van der Waals surface area contributed by atoms with E-state index in [1.165, 1.54) is 0 Å². The van der Waals surface area contributed by atoms with Gasteiger partial charge in [-0.2, -0.15) is 0 Å². The van der Waals surface area contributed by atoms with E-state index in [9.17, 15) is 14.4 Å². The fourth-order valence-corrected chi connectivity index (χ4v) is 4.56. The highest BCUT2D eigenvalue weighted by Crippen LogP contribution is 2.32. The molecule has 1 aliphatic rings. The molecule has 1 aromatic heterocycles. The lowest BCUT2D eigenvalue weighted by molar-refractivity contribution is -0.139. The van der Waals surface area contributed by atoms with Crippen LogP contribution < -0.4 is 10.1 Å². The van der Waals surface area contributed by atoms with Crippen LogP contribution in [0, 0.1) is 0 Å². The van der Waals surface area contributed by atoms with Crippen LogP contribution in [0.4, 0.5) is 4.79 Å². The maximum absolute atomic E-state index is 13.5. The van der Waals surface area contributed by atoms with E-state index in [0.717, 1.165) is 27.0 Å². The zero-order valence-corrected chi connectivity index (χ0v) is 20.6. The lowest BCUT2D eigenvalue weighted by Crippen LogP contribution is -2.44. The summed E-state index contributed by atoms with van der Waals surface area (Å²) in [5.74, 6) is 0.505. The molecule has 1 saturated heterocycles. The van der Waals surface area contributed by atoms with Gasteiger partial charge in [-0.05, 0) is 59.2 Å². The summed E-state index contributed by atoms with van der Waals surface area (Å²) in [5, 5.41) is 4.65. The fraction of sp³-hybridized carbons (Fsp3) is 0.207. The van der Waals surface area contributed by atoms with Gasteiger partial charge in [0.1, 0.15) is 23.6 Å². The number of methoxy groups -OCH3 is 1. The SMILES string of the molecule is COc1ccc2cc(C3(C)NC(=O)N(CC(=O)N(Cc4ccccc4)Cc4ccco4)C3=O)ccc2c1. The summed E-state index contributed by atoms with van der Waals surface area (Å²) in [6, 6.07) is 23.7. The first-order valence-electron chi connectivity index (χ1n) is 11.9. The predicted octanol–water partition coefficient (Wildman–Crippen LogP) is 4.44. The van der Waals surface area contributed by atoms with Crippen molar-refractivity contribution in [1.82, 2.24) is 15.1 Å². The molecule has 1 atom stereocenters. The van der Waals surface area contributed by atoms with Gasteiger partial charge in [-0.15, -0.1) is 0 Å². The standard InChI is InChI=1S/C29H27N3O5/c1-29(23-12-10-22-16-24(36-2)13-11-21(22)15-23)27(34)32(28(35)30-29)19-26(33)31(18-25-9-6-14-37-25)17-20-7-4-3-5-8-20/h3-16H,17-19H2,1-2H3,(H,30,35). The minimum absolute atomic E-state index is 0.218. The van der Waals surface area contributed by atoms with Gasteiger partial charge in [-0.3, -0.25) is 14.5 Å². The number of imide groups is 1. The molecule has 1 N–H and O–H groups in total. The molecule has 37 heavy (non-hydrogen) atoms. The molecule has 5 rings (SSSR count). The van der Waals surface area contributed by atoms with Crippen LogP contribution in [-0.2, 0) is 28.2 Å². The Bertz CT molecular complexity index is 1450. The largest absolute Gasteiger partial charge is 0.497 e. The normalized spacial score (nSPS) is 17.2. The highest BCUT2D eigenvalue weighted by atomic mass is 16.5. The highest BCUT2D eigenvalue weighted by molar-refractivity contribution is 6.09. The number of carbonyl (C=O) groups excluding carboxylic acids is 3. The van der Waals surface area contributed by atoms with Gasteiger partial charge < -0.3 is 19.4 Å². The van der Waals surface area contributed by atoms with Gasteiger partial charge >= 0.3 is 6.03 Å². The second-order valence-electron chi connectivity index (χ2n) is 9.19. The zero-order valence-electron chi connectivity index (χ0n) is 20.6. The van der Waals surface area contributed by atoms with Crippen molar-refractivity contribution < 1.29 is 23.5 Å². The zero-order chi connectivity index (χ0) is 26.0. The molecule has 188 valence electrons. The van der Waals surface area contributed by atoms with Gasteiger partial charge in [0, 0.05) is 6.54 Å². The molecule has 0 aliphatic carbocycles. The Morgan fingerprint density at radius 2 is 1.73 bits per heavy atom. The predicted molar refractivity (Wildman–Crippen MR) is 138 cm³/mol. The Morgan fingerprint density at radius 1 is 0.973 bits per heavy atom. The lowest BCUT2D eigenvalue weighted by atomic mass is 9.90. The van der Waals surface area contributed by atoms with Crippen LogP contribution in [0.1, 0.15) is 23.8 Å². The number of hydrogen-bond acceptors (Lipinski definition) is 5. The quantitative estimate of drug-likeness (QED) is 0.364. The number of benzene rings is 3. The number of rotatable bonds is 8. The smallest absolute Gasteiger partial charge is 0.325 e. The molecule has 4 aromatic rings. The van der Waals surface area contributed by atoms with E-state index in [4.69, 9.17) is 9.15 Å². The average Bonchev–Trinajstić information content (AvgIpc) is 3.50. The third-order valence-corrected chi connectivity index (χ3v) is 6.69. The summed E-state index contributed by atoms with van der Waals surface area (Å²) >= 11 is 0. The number of amides is 4. The average molecular weight is 498 g/mol. The van der Waals surface area contributed by atoms with Gasteiger partial charge in [0.25, 0.3) is 5.91 Å². The van der Waals surface area contributed by atoms with Crippen molar-refractivity contribution in [3.63, 3.8) is 0 Å². The number of hydrogen-bond donors (Lipinski definition) is 1. The number of nitrogens with one attached hydrogen (secondary N) is 1. The van der Waals surface area contributed by atoms with Crippen LogP contribution in [0.2, 0.25) is 0 Å². The number of nitrogens with zero attached hydrogens (tertiary/aromatic N) is 2. The Hall–Kier alpha value is -4.59. The molecule has 0 radical (unpaired) electrons. The van der Waals surface area contributed by atoms with Crippen LogP contribution >= 0.6 is 0 Å². The van der Waals surface area contributed by atoms with Crippen molar-refractivity contribution in [1.29, 1.82) is 0 Å². The van der Waals surface area contributed by atoms with Crippen LogP contribution in [0.15, 0.2) is 89.5 Å². The first kappa shape index (κ1) is 24.1. The van der Waals surface area contributed by atoms with Gasteiger partial charge in [0.15, 0.2) is 0 Å². The van der Waals surface area contributed by atoms with Crippen LogP contribution in [0.25, 0.3) is 10.8 Å². The Kier molecular flexibility index (Phi) is 6.40. The summed E-state index contributed by atoms with van der Waals surface area (Å²) in [6.45, 7) is 1.82. The highest BCUT2D eigenvalue weighted by Gasteiger charge is 2.49. The summed E-state index contributed by atoms with van der Waals surface area (Å²) in [5.41, 5.74) is 0.268. The van der Waals surface area contributed by atoms with E-state index in [0.29, 0.717) is 17.9 Å². The number of urea groups is 1. The van der Waals surface area contributed by atoms with Gasteiger partial charge in [-0.25, -0.2) is 4.79 Å². The van der Waals surface area contributed by atoms with Crippen molar-refractivity contribution >= 4 is 28.6 Å². The van der Waals surface area contributed by atoms with Crippen molar-refractivity contribution in [2.24, 2.45) is 0 Å². The molecule has 1 unspecified atom stereocenters. The summed E-state index contributed by atoms with van der Waals surface area (Å²) in [7, 11) is 1.61. The minimum Gasteiger partial charge on any atom is -0.497 e. The Labute approximate surface area is 214 Å². The molecule has 1 fully saturated rings. The molecule has 4 amide bonds. The number of ether oxygens (including phenoxy) is 1. The molecule has 1 aliphatic heterocycles. The monoisotopic (exact) mass is 497 g/mol. The fourth-order valence-electron chi connectivity index (χ4n) is 4.56. The van der Waals surface area contributed by atoms with E-state index in [2.05, 4.69) is 5.32 Å². The molecule has 8 nitrogen and oxygen atoms in total. The number of fused-ring (bicyclic) bond motifs is 1.